The van der Waals surface area contributed by atoms with Crippen molar-refractivity contribution < 1.29 is 37.3 Å². The maximum Gasteiger partial charge on any atom is 0.416 e. The van der Waals surface area contributed by atoms with Crippen molar-refractivity contribution in [2.24, 2.45) is 0 Å². The van der Waals surface area contributed by atoms with E-state index in [1.807, 2.05) is 13.8 Å². The van der Waals surface area contributed by atoms with Crippen molar-refractivity contribution >= 4 is 17.4 Å². The Morgan fingerprint density at radius 2 is 1.66 bits per heavy atom. The molecule has 1 unspecified atom stereocenters. The van der Waals surface area contributed by atoms with Gasteiger partial charge in [0.25, 0.3) is 11.7 Å². The number of aliphatic hydroxyl groups is 1. The number of amides is 1. The molecule has 3 aromatic rings. The van der Waals surface area contributed by atoms with Crippen molar-refractivity contribution in [1.29, 1.82) is 0 Å². The van der Waals surface area contributed by atoms with Gasteiger partial charge in [-0.3, -0.25) is 9.59 Å². The van der Waals surface area contributed by atoms with Crippen LogP contribution in [0.2, 0.25) is 0 Å². The van der Waals surface area contributed by atoms with Gasteiger partial charge in [0.2, 0.25) is 0 Å². The number of Topliss-reactive ketones (excluding diaryl/α,β-unsaturated/α-hetero) is 1. The van der Waals surface area contributed by atoms with E-state index in [4.69, 9.17) is 9.47 Å². The zero-order valence-electron chi connectivity index (χ0n) is 21.0. The largest absolute Gasteiger partial charge is 0.507 e. The van der Waals surface area contributed by atoms with Crippen molar-refractivity contribution in [2.75, 3.05) is 7.11 Å². The van der Waals surface area contributed by atoms with Crippen molar-refractivity contribution in [1.82, 2.24) is 4.90 Å². The third-order valence-electron chi connectivity index (χ3n) is 6.06. The fourth-order valence-electron chi connectivity index (χ4n) is 4.36. The summed E-state index contributed by atoms with van der Waals surface area (Å²) in [6.45, 7) is 3.45. The fourth-order valence-corrected chi connectivity index (χ4v) is 4.36. The minimum Gasteiger partial charge on any atom is -0.507 e. The van der Waals surface area contributed by atoms with Gasteiger partial charge in [-0.2, -0.15) is 13.2 Å². The number of benzene rings is 3. The molecule has 0 aromatic heterocycles. The molecule has 6 nitrogen and oxygen atoms in total. The Hall–Kier alpha value is -4.27. The summed E-state index contributed by atoms with van der Waals surface area (Å²) in [5.41, 5.74) is -0.117. The molecule has 1 atom stereocenters. The number of ketones is 1. The lowest BCUT2D eigenvalue weighted by Gasteiger charge is -2.26. The summed E-state index contributed by atoms with van der Waals surface area (Å²) >= 11 is 0. The van der Waals surface area contributed by atoms with Crippen LogP contribution in [0.4, 0.5) is 13.2 Å². The highest BCUT2D eigenvalue weighted by Gasteiger charge is 2.46. The second-order valence-corrected chi connectivity index (χ2v) is 9.09. The van der Waals surface area contributed by atoms with Crippen LogP contribution in [0, 0.1) is 0 Å². The van der Waals surface area contributed by atoms with Crippen LogP contribution in [-0.2, 0) is 22.3 Å². The zero-order valence-corrected chi connectivity index (χ0v) is 21.0. The number of rotatable bonds is 7. The van der Waals surface area contributed by atoms with Crippen LogP contribution >= 0.6 is 0 Å². The second-order valence-electron chi connectivity index (χ2n) is 9.09. The molecule has 0 bridgehead atoms. The Balaban J connectivity index is 1.81. The highest BCUT2D eigenvalue weighted by Crippen LogP contribution is 2.41. The van der Waals surface area contributed by atoms with E-state index in [9.17, 15) is 27.9 Å². The lowest BCUT2D eigenvalue weighted by molar-refractivity contribution is -0.140. The predicted molar refractivity (Wildman–Crippen MR) is 134 cm³/mol. The molecule has 3 aromatic carbocycles. The molecule has 1 amide bonds. The number of alkyl halides is 3. The number of carbonyl (C=O) groups excluding carboxylic acids is 2. The first kappa shape index (κ1) is 26.8. The number of methoxy groups -OCH3 is 1. The summed E-state index contributed by atoms with van der Waals surface area (Å²) in [6.07, 6.45) is -4.63. The summed E-state index contributed by atoms with van der Waals surface area (Å²) in [5.74, 6) is -1.27. The van der Waals surface area contributed by atoms with Gasteiger partial charge in [-0.15, -0.1) is 0 Å². The van der Waals surface area contributed by atoms with Crippen molar-refractivity contribution in [3.05, 3.63) is 101 Å². The number of halogens is 3. The van der Waals surface area contributed by atoms with Gasteiger partial charge in [-0.05, 0) is 73.5 Å². The van der Waals surface area contributed by atoms with Crippen LogP contribution in [0.15, 0.2) is 78.4 Å². The number of ether oxygens (including phenoxy) is 2. The minimum absolute atomic E-state index is 0.0660. The van der Waals surface area contributed by atoms with Gasteiger partial charge in [0, 0.05) is 12.1 Å². The quantitative estimate of drug-likeness (QED) is 0.228. The Bertz CT molecular complexity index is 1380. The van der Waals surface area contributed by atoms with Crippen molar-refractivity contribution in [2.45, 2.75) is 38.7 Å². The summed E-state index contributed by atoms with van der Waals surface area (Å²) in [4.78, 5) is 27.6. The lowest BCUT2D eigenvalue weighted by Crippen LogP contribution is -2.29. The van der Waals surface area contributed by atoms with Crippen LogP contribution in [0.1, 0.15) is 42.1 Å². The number of aliphatic hydroxyl groups excluding tert-OH is 1. The number of nitrogens with zero attached hydrogens (tertiary/aromatic N) is 1. The van der Waals surface area contributed by atoms with Crippen LogP contribution in [0.3, 0.4) is 0 Å². The van der Waals surface area contributed by atoms with E-state index in [1.165, 1.54) is 19.2 Å². The maximum absolute atomic E-state index is 13.3. The number of carbonyl (C=O) groups is 2. The maximum atomic E-state index is 13.3. The minimum atomic E-state index is -4.57. The second kappa shape index (κ2) is 10.6. The van der Waals surface area contributed by atoms with Gasteiger partial charge in [0.15, 0.2) is 0 Å². The molecule has 1 N–H and O–H groups in total. The smallest absolute Gasteiger partial charge is 0.416 e. The van der Waals surface area contributed by atoms with E-state index in [1.54, 1.807) is 48.5 Å². The van der Waals surface area contributed by atoms with Crippen LogP contribution < -0.4 is 9.47 Å². The predicted octanol–water partition coefficient (Wildman–Crippen LogP) is 6.12. The van der Waals surface area contributed by atoms with Gasteiger partial charge in [-0.1, -0.05) is 24.3 Å². The molecule has 0 radical (unpaired) electrons. The van der Waals surface area contributed by atoms with E-state index in [2.05, 4.69) is 0 Å². The fraction of sp³-hybridized carbons (Fsp3) is 0.241. The number of hydrogen-bond acceptors (Lipinski definition) is 5. The van der Waals surface area contributed by atoms with Crippen molar-refractivity contribution in [3.8, 4) is 11.5 Å². The average Bonchev–Trinajstić information content (AvgIpc) is 3.13. The van der Waals surface area contributed by atoms with E-state index >= 15 is 0 Å². The van der Waals surface area contributed by atoms with Crippen molar-refractivity contribution in [3.63, 3.8) is 0 Å². The molecule has 198 valence electrons. The molecule has 0 aliphatic carbocycles. The highest BCUT2D eigenvalue weighted by atomic mass is 19.4. The molecule has 1 aliphatic rings. The number of hydrogen-bond donors (Lipinski definition) is 1. The first-order valence-electron chi connectivity index (χ1n) is 11.8. The Kier molecular flexibility index (Phi) is 7.48. The van der Waals surface area contributed by atoms with Gasteiger partial charge in [0.05, 0.1) is 30.4 Å². The Morgan fingerprint density at radius 3 is 2.29 bits per heavy atom. The molecule has 1 saturated heterocycles. The molecule has 1 aliphatic heterocycles. The standard InChI is InChI=1S/C29H26F3NO5/c1-17(2)38-22-12-10-19(11-13-22)26(34)24-25(20-7-5-9-23(15-20)37-3)33(28(36)27(24)35)16-18-6-4-8-21(14-18)29(30,31)32/h4-15,17,25,34H,16H2,1-3H3/b26-24+. The SMILES string of the molecule is COc1cccc(C2/C(=C(\O)c3ccc(OC(C)C)cc3)C(=O)C(=O)N2Cc2cccc(C(F)(F)F)c2)c1. The van der Waals surface area contributed by atoms with E-state index in [0.29, 0.717) is 17.1 Å². The third kappa shape index (κ3) is 5.51. The third-order valence-corrected chi connectivity index (χ3v) is 6.06. The first-order chi connectivity index (χ1) is 18.0. The molecule has 4 rings (SSSR count). The summed E-state index contributed by atoms with van der Waals surface area (Å²) < 4.78 is 50.8. The van der Waals surface area contributed by atoms with Gasteiger partial charge >= 0.3 is 6.18 Å². The van der Waals surface area contributed by atoms with Crippen LogP contribution in [-0.4, -0.2) is 34.9 Å². The number of likely N-dealkylation sites (tertiary alicyclic amines) is 1. The van der Waals surface area contributed by atoms with E-state index in [-0.39, 0.29) is 29.3 Å². The zero-order chi connectivity index (χ0) is 27.6. The summed E-state index contributed by atoms with van der Waals surface area (Å²) in [7, 11) is 1.46. The van der Waals surface area contributed by atoms with Gasteiger partial charge < -0.3 is 19.5 Å². The lowest BCUT2D eigenvalue weighted by atomic mass is 9.95. The molecular weight excluding hydrogens is 499 g/mol. The summed E-state index contributed by atoms with van der Waals surface area (Å²) in [6, 6.07) is 16.5. The molecular formula is C29H26F3NO5. The first-order valence-corrected chi connectivity index (χ1v) is 11.8. The Morgan fingerprint density at radius 1 is 0.974 bits per heavy atom. The molecule has 9 heteroatoms. The Labute approximate surface area is 217 Å². The molecule has 38 heavy (non-hydrogen) atoms. The molecule has 1 fully saturated rings. The van der Waals surface area contributed by atoms with Crippen LogP contribution in [0.5, 0.6) is 11.5 Å². The highest BCUT2D eigenvalue weighted by molar-refractivity contribution is 6.46. The topological polar surface area (TPSA) is 76.1 Å². The molecule has 0 saturated carbocycles. The van der Waals surface area contributed by atoms with E-state index < -0.39 is 35.2 Å². The average molecular weight is 526 g/mol. The molecule has 0 spiro atoms. The van der Waals surface area contributed by atoms with Crippen LogP contribution in [0.25, 0.3) is 5.76 Å². The van der Waals surface area contributed by atoms with E-state index in [0.717, 1.165) is 17.0 Å². The normalized spacial score (nSPS) is 17.2. The monoisotopic (exact) mass is 525 g/mol. The van der Waals surface area contributed by atoms with Gasteiger partial charge in [0.1, 0.15) is 17.3 Å². The van der Waals surface area contributed by atoms with Gasteiger partial charge in [-0.25, -0.2) is 0 Å². The summed E-state index contributed by atoms with van der Waals surface area (Å²) in [5, 5.41) is 11.2. The molecule has 1 heterocycles.